The highest BCUT2D eigenvalue weighted by Crippen LogP contribution is 2.17. The second kappa shape index (κ2) is 6.17. The molecule has 0 radical (unpaired) electrons. The van der Waals surface area contributed by atoms with Crippen molar-refractivity contribution < 1.29 is 13.5 Å². The van der Waals surface area contributed by atoms with Gasteiger partial charge in [-0.15, -0.1) is 0 Å². The van der Waals surface area contributed by atoms with Crippen LogP contribution in [0.4, 0.5) is 5.69 Å². The summed E-state index contributed by atoms with van der Waals surface area (Å²) in [7, 11) is -3.59. The monoisotopic (exact) mass is 272 g/mol. The summed E-state index contributed by atoms with van der Waals surface area (Å²) in [5.74, 6) is 0. The first kappa shape index (κ1) is 14.9. The molecule has 0 amide bonds. The molecule has 0 aromatic heterocycles. The minimum Gasteiger partial charge on any atom is -0.399 e. The number of benzene rings is 1. The summed E-state index contributed by atoms with van der Waals surface area (Å²) in [6.07, 6.45) is 0.728. The molecular weight excluding hydrogens is 252 g/mol. The summed E-state index contributed by atoms with van der Waals surface area (Å²) < 4.78 is 26.4. The fourth-order valence-electron chi connectivity index (χ4n) is 1.69. The van der Waals surface area contributed by atoms with Crippen LogP contribution in [0, 0.1) is 6.92 Å². The van der Waals surface area contributed by atoms with Crippen LogP contribution in [0.1, 0.15) is 25.3 Å². The third-order valence-electron chi connectivity index (χ3n) is 2.62. The third-order valence-corrected chi connectivity index (χ3v) is 4.20. The smallest absolute Gasteiger partial charge is 0.240 e. The number of rotatable bonds is 6. The van der Waals surface area contributed by atoms with Gasteiger partial charge in [-0.05, 0) is 37.1 Å². The van der Waals surface area contributed by atoms with E-state index in [1.165, 1.54) is 6.07 Å². The largest absolute Gasteiger partial charge is 0.399 e. The number of aliphatic hydroxyl groups excluding tert-OH is 1. The maximum absolute atomic E-state index is 12.0. The Morgan fingerprint density at radius 3 is 2.67 bits per heavy atom. The van der Waals surface area contributed by atoms with E-state index in [-0.39, 0.29) is 11.4 Å². The van der Waals surface area contributed by atoms with Crippen LogP contribution in [0.3, 0.4) is 0 Å². The second-order valence-corrected chi connectivity index (χ2v) is 6.05. The molecule has 18 heavy (non-hydrogen) atoms. The standard InChI is InChI=1S/C12H20N2O3S/c1-3-4-11(15)8-14-18(16,17)12-6-5-10(13)7-9(12)2/h5-7,11,14-15H,3-4,8,13H2,1-2H3. The maximum atomic E-state index is 12.0. The van der Waals surface area contributed by atoms with Gasteiger partial charge in [0.15, 0.2) is 0 Å². The lowest BCUT2D eigenvalue weighted by Gasteiger charge is -2.13. The zero-order chi connectivity index (χ0) is 13.8. The molecule has 1 atom stereocenters. The van der Waals surface area contributed by atoms with Crippen molar-refractivity contribution >= 4 is 15.7 Å². The number of nitrogens with one attached hydrogen (secondary N) is 1. The summed E-state index contributed by atoms with van der Waals surface area (Å²) in [6.45, 7) is 3.65. The highest BCUT2D eigenvalue weighted by atomic mass is 32.2. The fourth-order valence-corrected chi connectivity index (χ4v) is 2.99. The lowest BCUT2D eigenvalue weighted by molar-refractivity contribution is 0.167. The number of aryl methyl sites for hydroxylation is 1. The molecule has 0 saturated carbocycles. The number of aliphatic hydroxyl groups is 1. The Kier molecular flexibility index (Phi) is 5.13. The molecule has 1 aromatic rings. The predicted octanol–water partition coefficient (Wildman–Crippen LogP) is 1.02. The van der Waals surface area contributed by atoms with Gasteiger partial charge >= 0.3 is 0 Å². The van der Waals surface area contributed by atoms with E-state index >= 15 is 0 Å². The van der Waals surface area contributed by atoms with Crippen LogP contribution >= 0.6 is 0 Å². The molecule has 1 unspecified atom stereocenters. The van der Waals surface area contributed by atoms with E-state index in [9.17, 15) is 13.5 Å². The fraction of sp³-hybridized carbons (Fsp3) is 0.500. The SMILES string of the molecule is CCCC(O)CNS(=O)(=O)c1ccc(N)cc1C. The highest BCUT2D eigenvalue weighted by Gasteiger charge is 2.17. The Morgan fingerprint density at radius 2 is 2.11 bits per heavy atom. The molecule has 6 heteroatoms. The number of nitrogens with two attached hydrogens (primary N) is 1. The van der Waals surface area contributed by atoms with Crippen molar-refractivity contribution in [3.05, 3.63) is 23.8 Å². The molecule has 0 aliphatic rings. The van der Waals surface area contributed by atoms with E-state index < -0.39 is 16.1 Å². The van der Waals surface area contributed by atoms with E-state index in [2.05, 4.69) is 4.72 Å². The summed E-state index contributed by atoms with van der Waals surface area (Å²) in [5.41, 5.74) is 6.69. The molecule has 1 rings (SSSR count). The molecule has 0 aliphatic carbocycles. The molecule has 5 nitrogen and oxygen atoms in total. The van der Waals surface area contributed by atoms with Gasteiger partial charge in [0, 0.05) is 12.2 Å². The van der Waals surface area contributed by atoms with Gasteiger partial charge in [0.1, 0.15) is 0 Å². The lowest BCUT2D eigenvalue weighted by atomic mass is 10.2. The summed E-state index contributed by atoms with van der Waals surface area (Å²) in [4.78, 5) is 0.195. The average molecular weight is 272 g/mol. The first-order valence-corrected chi connectivity index (χ1v) is 7.39. The number of sulfonamides is 1. The van der Waals surface area contributed by atoms with Crippen molar-refractivity contribution in [2.24, 2.45) is 0 Å². The molecule has 0 saturated heterocycles. The molecule has 4 N–H and O–H groups in total. The van der Waals surface area contributed by atoms with Gasteiger partial charge in [-0.2, -0.15) is 0 Å². The normalized spacial score (nSPS) is 13.5. The Hall–Kier alpha value is -1.11. The second-order valence-electron chi connectivity index (χ2n) is 4.32. The molecule has 0 spiro atoms. The van der Waals surface area contributed by atoms with Crippen LogP contribution < -0.4 is 10.5 Å². The van der Waals surface area contributed by atoms with Crippen LogP contribution in [-0.4, -0.2) is 26.2 Å². The van der Waals surface area contributed by atoms with Gasteiger partial charge in [-0.25, -0.2) is 13.1 Å². The van der Waals surface area contributed by atoms with Gasteiger partial charge in [0.2, 0.25) is 10.0 Å². The Labute approximate surface area is 108 Å². The summed E-state index contributed by atoms with van der Waals surface area (Å²) in [5, 5.41) is 9.53. The number of hydrogen-bond acceptors (Lipinski definition) is 4. The molecule has 1 aromatic carbocycles. The zero-order valence-corrected chi connectivity index (χ0v) is 11.5. The number of nitrogen functional groups attached to an aromatic ring is 1. The van der Waals surface area contributed by atoms with Crippen molar-refractivity contribution in [3.63, 3.8) is 0 Å². The van der Waals surface area contributed by atoms with Crippen LogP contribution in [0.2, 0.25) is 0 Å². The summed E-state index contributed by atoms with van der Waals surface area (Å²) >= 11 is 0. The predicted molar refractivity (Wildman–Crippen MR) is 71.7 cm³/mol. The topological polar surface area (TPSA) is 92.4 Å². The molecule has 102 valence electrons. The van der Waals surface area contributed by atoms with Crippen LogP contribution in [0.5, 0.6) is 0 Å². The van der Waals surface area contributed by atoms with Gasteiger partial charge in [-0.1, -0.05) is 13.3 Å². The maximum Gasteiger partial charge on any atom is 0.240 e. The number of hydrogen-bond donors (Lipinski definition) is 3. The minimum atomic E-state index is -3.59. The Bertz CT molecular complexity index is 500. The minimum absolute atomic E-state index is 0.0278. The van der Waals surface area contributed by atoms with Crippen molar-refractivity contribution in [1.82, 2.24) is 4.72 Å². The van der Waals surface area contributed by atoms with Crippen molar-refractivity contribution in [2.45, 2.75) is 37.7 Å². The quantitative estimate of drug-likeness (QED) is 0.674. The molecule has 0 fully saturated rings. The van der Waals surface area contributed by atoms with Crippen molar-refractivity contribution in [3.8, 4) is 0 Å². The van der Waals surface area contributed by atoms with Gasteiger partial charge in [0.25, 0.3) is 0 Å². The van der Waals surface area contributed by atoms with Crippen molar-refractivity contribution in [2.75, 3.05) is 12.3 Å². The van der Waals surface area contributed by atoms with Gasteiger partial charge in [0.05, 0.1) is 11.0 Å². The van der Waals surface area contributed by atoms with E-state index in [0.29, 0.717) is 17.7 Å². The molecule has 0 aliphatic heterocycles. The van der Waals surface area contributed by atoms with E-state index in [4.69, 9.17) is 5.73 Å². The average Bonchev–Trinajstić information content (AvgIpc) is 2.26. The van der Waals surface area contributed by atoms with Crippen molar-refractivity contribution in [1.29, 1.82) is 0 Å². The zero-order valence-electron chi connectivity index (χ0n) is 10.7. The molecule has 0 heterocycles. The Balaban J connectivity index is 2.80. The molecular formula is C12H20N2O3S. The van der Waals surface area contributed by atoms with E-state index in [1.54, 1.807) is 19.1 Å². The highest BCUT2D eigenvalue weighted by molar-refractivity contribution is 7.89. The summed E-state index contributed by atoms with van der Waals surface area (Å²) in [6, 6.07) is 4.63. The third kappa shape index (κ3) is 3.97. The molecule has 0 bridgehead atoms. The van der Waals surface area contributed by atoms with E-state index in [0.717, 1.165) is 6.42 Å². The van der Waals surface area contributed by atoms with Gasteiger partial charge < -0.3 is 10.8 Å². The van der Waals surface area contributed by atoms with E-state index in [1.807, 2.05) is 6.92 Å². The first-order valence-electron chi connectivity index (χ1n) is 5.90. The van der Waals surface area contributed by atoms with Gasteiger partial charge in [-0.3, -0.25) is 0 Å². The van der Waals surface area contributed by atoms with Crippen LogP contribution in [-0.2, 0) is 10.0 Å². The number of anilines is 1. The van der Waals surface area contributed by atoms with Crippen LogP contribution in [0.25, 0.3) is 0 Å². The van der Waals surface area contributed by atoms with Crippen LogP contribution in [0.15, 0.2) is 23.1 Å². The lowest BCUT2D eigenvalue weighted by Crippen LogP contribution is -2.32. The first-order chi connectivity index (χ1) is 8.36. The Morgan fingerprint density at radius 1 is 1.44 bits per heavy atom.